The number of hydrogen-bond acceptors (Lipinski definition) is 3. The van der Waals surface area contributed by atoms with E-state index in [2.05, 4.69) is 25.2 Å². The Morgan fingerprint density at radius 1 is 1.56 bits per heavy atom. The molecular formula is C12H20N2OS. The standard InChI is InChI=1S/C12H20N2OS/c1-5-11(13)12(15)14-8(3)10-6-7(2)16-9(10)4/h6,8,11H,5,13H2,1-4H3,(H,14,15)/t8?,11-/m1/s1. The molecule has 2 atom stereocenters. The molecule has 1 aromatic heterocycles. The summed E-state index contributed by atoms with van der Waals surface area (Å²) < 4.78 is 0. The normalized spacial score (nSPS) is 14.6. The van der Waals surface area contributed by atoms with E-state index in [9.17, 15) is 4.79 Å². The molecule has 3 nitrogen and oxygen atoms in total. The summed E-state index contributed by atoms with van der Waals surface area (Å²) in [5.74, 6) is -0.0711. The van der Waals surface area contributed by atoms with E-state index in [-0.39, 0.29) is 11.9 Å². The first-order chi connectivity index (χ1) is 7.45. The molecule has 0 aromatic carbocycles. The van der Waals surface area contributed by atoms with Crippen LogP contribution in [-0.2, 0) is 4.79 Å². The first-order valence-corrected chi connectivity index (χ1v) is 6.40. The molecule has 0 aliphatic heterocycles. The van der Waals surface area contributed by atoms with Gasteiger partial charge in [0.1, 0.15) is 0 Å². The van der Waals surface area contributed by atoms with E-state index in [4.69, 9.17) is 5.73 Å². The molecule has 0 fully saturated rings. The molecule has 0 radical (unpaired) electrons. The predicted molar refractivity (Wildman–Crippen MR) is 68.6 cm³/mol. The van der Waals surface area contributed by atoms with E-state index in [1.165, 1.54) is 15.3 Å². The Bertz CT molecular complexity index is 373. The number of carbonyl (C=O) groups is 1. The summed E-state index contributed by atoms with van der Waals surface area (Å²) in [6, 6.07) is 1.76. The highest BCUT2D eigenvalue weighted by Crippen LogP contribution is 2.26. The number of nitrogens with two attached hydrogens (primary N) is 1. The lowest BCUT2D eigenvalue weighted by molar-refractivity contribution is -0.123. The van der Waals surface area contributed by atoms with Crippen molar-refractivity contribution in [2.75, 3.05) is 0 Å². The summed E-state index contributed by atoms with van der Waals surface area (Å²) in [7, 11) is 0. The van der Waals surface area contributed by atoms with Crippen LogP contribution < -0.4 is 11.1 Å². The molecule has 4 heteroatoms. The first kappa shape index (κ1) is 13.2. The van der Waals surface area contributed by atoms with Crippen molar-refractivity contribution in [3.63, 3.8) is 0 Å². The average Bonchev–Trinajstić information content (AvgIpc) is 2.56. The van der Waals surface area contributed by atoms with Gasteiger partial charge in [-0.2, -0.15) is 0 Å². The lowest BCUT2D eigenvalue weighted by Gasteiger charge is -2.16. The van der Waals surface area contributed by atoms with E-state index >= 15 is 0 Å². The molecule has 1 heterocycles. The number of nitrogens with one attached hydrogen (secondary N) is 1. The van der Waals surface area contributed by atoms with Gasteiger partial charge >= 0.3 is 0 Å². The van der Waals surface area contributed by atoms with Crippen LogP contribution in [0, 0.1) is 13.8 Å². The van der Waals surface area contributed by atoms with Crippen LogP contribution in [-0.4, -0.2) is 11.9 Å². The Morgan fingerprint density at radius 3 is 2.62 bits per heavy atom. The number of thiophene rings is 1. The molecule has 90 valence electrons. The zero-order valence-corrected chi connectivity index (χ0v) is 11.1. The van der Waals surface area contributed by atoms with Gasteiger partial charge in [0.2, 0.25) is 5.91 Å². The molecule has 16 heavy (non-hydrogen) atoms. The van der Waals surface area contributed by atoms with Gasteiger partial charge in [-0.15, -0.1) is 11.3 Å². The smallest absolute Gasteiger partial charge is 0.237 e. The minimum atomic E-state index is -0.400. The monoisotopic (exact) mass is 240 g/mol. The van der Waals surface area contributed by atoms with Gasteiger partial charge < -0.3 is 11.1 Å². The molecule has 0 bridgehead atoms. The lowest BCUT2D eigenvalue weighted by atomic mass is 10.1. The molecule has 0 saturated carbocycles. The summed E-state index contributed by atoms with van der Waals surface area (Å²) in [4.78, 5) is 14.2. The third-order valence-corrected chi connectivity index (χ3v) is 3.66. The van der Waals surface area contributed by atoms with Crippen LogP contribution in [0.2, 0.25) is 0 Å². The second-order valence-corrected chi connectivity index (χ2v) is 5.57. The number of rotatable bonds is 4. The maximum Gasteiger partial charge on any atom is 0.237 e. The maximum absolute atomic E-state index is 11.6. The van der Waals surface area contributed by atoms with E-state index in [0.717, 1.165) is 0 Å². The minimum Gasteiger partial charge on any atom is -0.348 e. The Balaban J connectivity index is 2.69. The van der Waals surface area contributed by atoms with Gasteiger partial charge in [0.05, 0.1) is 12.1 Å². The summed E-state index contributed by atoms with van der Waals surface area (Å²) in [5, 5.41) is 2.94. The predicted octanol–water partition coefficient (Wildman–Crippen LogP) is 2.28. The van der Waals surface area contributed by atoms with Gasteiger partial charge in [0.25, 0.3) is 0 Å². The van der Waals surface area contributed by atoms with Gasteiger partial charge in [-0.1, -0.05) is 6.92 Å². The molecular weight excluding hydrogens is 220 g/mol. The zero-order valence-electron chi connectivity index (χ0n) is 10.3. The third-order valence-electron chi connectivity index (χ3n) is 2.68. The molecule has 0 aliphatic rings. The molecule has 0 spiro atoms. The van der Waals surface area contributed by atoms with Crippen molar-refractivity contribution in [3.8, 4) is 0 Å². The SMILES string of the molecule is CC[C@@H](N)C(=O)NC(C)c1cc(C)sc1C. The van der Waals surface area contributed by atoms with Crippen LogP contribution in [0.1, 0.15) is 41.6 Å². The number of aryl methyl sites for hydroxylation is 2. The highest BCUT2D eigenvalue weighted by Gasteiger charge is 2.17. The Labute approximate surface area is 101 Å². The van der Waals surface area contributed by atoms with Gasteiger partial charge in [0.15, 0.2) is 0 Å². The second-order valence-electron chi connectivity index (χ2n) is 4.11. The van der Waals surface area contributed by atoms with Crippen LogP contribution >= 0.6 is 11.3 Å². The van der Waals surface area contributed by atoms with Gasteiger partial charge in [-0.3, -0.25) is 4.79 Å². The largest absolute Gasteiger partial charge is 0.348 e. The Kier molecular flexibility index (Phi) is 4.50. The topological polar surface area (TPSA) is 55.1 Å². The van der Waals surface area contributed by atoms with Crippen molar-refractivity contribution in [2.45, 2.75) is 46.2 Å². The molecule has 1 rings (SSSR count). The molecule has 1 unspecified atom stereocenters. The van der Waals surface area contributed by atoms with E-state index in [1.807, 2.05) is 13.8 Å². The Morgan fingerprint density at radius 2 is 2.19 bits per heavy atom. The summed E-state index contributed by atoms with van der Waals surface area (Å²) in [6.45, 7) is 8.06. The van der Waals surface area contributed by atoms with Crippen molar-refractivity contribution in [1.29, 1.82) is 0 Å². The van der Waals surface area contributed by atoms with E-state index in [1.54, 1.807) is 11.3 Å². The highest BCUT2D eigenvalue weighted by molar-refractivity contribution is 7.12. The van der Waals surface area contributed by atoms with Gasteiger partial charge in [0, 0.05) is 9.75 Å². The molecule has 0 aliphatic carbocycles. The van der Waals surface area contributed by atoms with Crippen molar-refractivity contribution in [1.82, 2.24) is 5.32 Å². The van der Waals surface area contributed by atoms with Crippen LogP contribution in [0.3, 0.4) is 0 Å². The van der Waals surface area contributed by atoms with Crippen LogP contribution in [0.5, 0.6) is 0 Å². The fourth-order valence-corrected chi connectivity index (χ4v) is 2.69. The molecule has 1 aromatic rings. The summed E-state index contributed by atoms with van der Waals surface area (Å²) >= 11 is 1.76. The van der Waals surface area contributed by atoms with Crippen LogP contribution in [0.15, 0.2) is 6.07 Å². The van der Waals surface area contributed by atoms with Crippen molar-refractivity contribution < 1.29 is 4.79 Å². The first-order valence-electron chi connectivity index (χ1n) is 5.58. The fourth-order valence-electron chi connectivity index (χ4n) is 1.66. The van der Waals surface area contributed by atoms with E-state index < -0.39 is 6.04 Å². The fraction of sp³-hybridized carbons (Fsp3) is 0.583. The second kappa shape index (κ2) is 5.46. The minimum absolute atomic E-state index is 0.0371. The van der Waals surface area contributed by atoms with E-state index in [0.29, 0.717) is 6.42 Å². The molecule has 3 N–H and O–H groups in total. The quantitative estimate of drug-likeness (QED) is 0.848. The van der Waals surface area contributed by atoms with Gasteiger partial charge in [-0.05, 0) is 38.8 Å². The van der Waals surface area contributed by atoms with Crippen molar-refractivity contribution in [3.05, 3.63) is 21.4 Å². The third kappa shape index (κ3) is 3.06. The lowest BCUT2D eigenvalue weighted by Crippen LogP contribution is -2.41. The maximum atomic E-state index is 11.6. The zero-order chi connectivity index (χ0) is 12.3. The number of hydrogen-bond donors (Lipinski definition) is 2. The number of carbonyl (C=O) groups excluding carboxylic acids is 1. The van der Waals surface area contributed by atoms with Crippen LogP contribution in [0.4, 0.5) is 0 Å². The summed E-state index contributed by atoms with van der Waals surface area (Å²) in [6.07, 6.45) is 0.667. The average molecular weight is 240 g/mol. The Hall–Kier alpha value is -0.870. The summed E-state index contributed by atoms with van der Waals surface area (Å²) in [5.41, 5.74) is 6.87. The van der Waals surface area contributed by atoms with Crippen LogP contribution in [0.25, 0.3) is 0 Å². The highest BCUT2D eigenvalue weighted by atomic mass is 32.1. The molecule has 0 saturated heterocycles. The number of amides is 1. The van der Waals surface area contributed by atoms with Gasteiger partial charge in [-0.25, -0.2) is 0 Å². The van der Waals surface area contributed by atoms with Crippen molar-refractivity contribution in [2.24, 2.45) is 5.73 Å². The van der Waals surface area contributed by atoms with Crippen molar-refractivity contribution >= 4 is 17.2 Å². The molecule has 1 amide bonds.